The standard InChI is InChI=1S/C34H45N3O4/c1-34(2,3)32-23-29(37-41-32)9-6-11-30(38)10-4-7-25-13-16-28(17-14-25)36-33(39)27-8-5-12-31(18-15-27)40-24-26-19-21-35-22-20-26/h5,8,12-14,16-18,23,26,35H,4,6-7,9-11,15,19-22,24H2,1-3H3,(H,36,39). The Hall–Kier alpha value is -3.45. The Balaban J connectivity index is 1.12. The van der Waals surface area contributed by atoms with Gasteiger partial charge in [0.2, 0.25) is 0 Å². The normalized spacial score (nSPS) is 16.1. The number of carbonyl (C=O) groups excluding carboxylic acids is 2. The van der Waals surface area contributed by atoms with E-state index < -0.39 is 0 Å². The minimum Gasteiger partial charge on any atom is -0.494 e. The van der Waals surface area contributed by atoms with Crippen molar-refractivity contribution in [1.29, 1.82) is 0 Å². The number of allylic oxidation sites excluding steroid dienone is 4. The molecule has 0 atom stereocenters. The molecule has 0 unspecified atom stereocenters. The molecule has 1 aliphatic heterocycles. The molecule has 1 saturated heterocycles. The molecule has 41 heavy (non-hydrogen) atoms. The van der Waals surface area contributed by atoms with Gasteiger partial charge in [0.05, 0.1) is 12.3 Å². The van der Waals surface area contributed by atoms with E-state index in [2.05, 4.69) is 36.6 Å². The predicted molar refractivity (Wildman–Crippen MR) is 163 cm³/mol. The number of ketones is 1. The molecule has 1 fully saturated rings. The number of amides is 1. The number of hydrogen-bond donors (Lipinski definition) is 2. The molecule has 1 aliphatic carbocycles. The largest absolute Gasteiger partial charge is 0.494 e. The minimum absolute atomic E-state index is 0.0569. The third-order valence-corrected chi connectivity index (χ3v) is 7.64. The average molecular weight is 560 g/mol. The number of piperidine rings is 1. The molecule has 1 amide bonds. The molecule has 7 heteroatoms. The topological polar surface area (TPSA) is 93.5 Å². The van der Waals surface area contributed by atoms with E-state index >= 15 is 0 Å². The first-order chi connectivity index (χ1) is 19.8. The summed E-state index contributed by atoms with van der Waals surface area (Å²) in [6, 6.07) is 9.89. The Kier molecular flexibility index (Phi) is 11.1. The van der Waals surface area contributed by atoms with E-state index in [4.69, 9.17) is 9.26 Å². The van der Waals surface area contributed by atoms with Gasteiger partial charge < -0.3 is 19.9 Å². The lowest BCUT2D eigenvalue weighted by Gasteiger charge is -2.22. The number of ether oxygens (including phenoxy) is 1. The number of hydrogen-bond acceptors (Lipinski definition) is 6. The van der Waals surface area contributed by atoms with Crippen molar-refractivity contribution in [3.63, 3.8) is 0 Å². The Labute approximate surface area is 244 Å². The highest BCUT2D eigenvalue weighted by molar-refractivity contribution is 6.04. The van der Waals surface area contributed by atoms with Crippen molar-refractivity contribution in [2.45, 2.75) is 84.0 Å². The van der Waals surface area contributed by atoms with E-state index in [0.717, 1.165) is 86.7 Å². The number of aryl methyl sites for hydroxylation is 2. The SMILES string of the molecule is CC(C)(C)c1cc(CCCC(=O)CCCc2ccc(NC(=O)C3=CC=CC(OCC4CCNCC4)=CC3)cc2)no1. The summed E-state index contributed by atoms with van der Waals surface area (Å²) in [6.45, 7) is 9.12. The number of nitrogens with zero attached hydrogens (tertiary/aromatic N) is 1. The van der Waals surface area contributed by atoms with Crippen LogP contribution in [-0.4, -0.2) is 36.5 Å². The van der Waals surface area contributed by atoms with Gasteiger partial charge in [0.15, 0.2) is 0 Å². The van der Waals surface area contributed by atoms with Gasteiger partial charge in [-0.15, -0.1) is 0 Å². The zero-order valence-corrected chi connectivity index (χ0v) is 24.8. The van der Waals surface area contributed by atoms with Gasteiger partial charge in [-0.3, -0.25) is 9.59 Å². The van der Waals surface area contributed by atoms with Crippen LogP contribution in [0.25, 0.3) is 0 Å². The molecule has 2 N–H and O–H groups in total. The fourth-order valence-electron chi connectivity index (χ4n) is 4.97. The molecule has 7 nitrogen and oxygen atoms in total. The second kappa shape index (κ2) is 15.0. The maximum atomic E-state index is 12.8. The van der Waals surface area contributed by atoms with Crippen LogP contribution < -0.4 is 10.6 Å². The molecule has 1 aromatic heterocycles. The highest BCUT2D eigenvalue weighted by Gasteiger charge is 2.19. The van der Waals surface area contributed by atoms with Crippen molar-refractivity contribution in [3.05, 3.63) is 83.0 Å². The van der Waals surface area contributed by atoms with Gasteiger partial charge in [0.25, 0.3) is 5.91 Å². The first-order valence-electron chi connectivity index (χ1n) is 15.1. The molecular formula is C34H45N3O4. The minimum atomic E-state index is -0.107. The first kappa shape index (κ1) is 30.5. The molecule has 0 saturated carbocycles. The lowest BCUT2D eigenvalue weighted by Crippen LogP contribution is -2.29. The van der Waals surface area contributed by atoms with Crippen LogP contribution in [0.4, 0.5) is 5.69 Å². The van der Waals surface area contributed by atoms with Crippen molar-refractivity contribution in [2.75, 3.05) is 25.0 Å². The first-order valence-corrected chi connectivity index (χ1v) is 15.1. The van der Waals surface area contributed by atoms with Crippen LogP contribution in [0.1, 0.15) is 82.7 Å². The van der Waals surface area contributed by atoms with Crippen LogP contribution in [0.15, 0.2) is 70.5 Å². The summed E-state index contributed by atoms with van der Waals surface area (Å²) in [7, 11) is 0. The third-order valence-electron chi connectivity index (χ3n) is 7.64. The summed E-state index contributed by atoms with van der Waals surface area (Å²) in [5, 5.41) is 10.5. The van der Waals surface area contributed by atoms with Gasteiger partial charge in [-0.25, -0.2) is 0 Å². The predicted octanol–water partition coefficient (Wildman–Crippen LogP) is 6.61. The molecule has 4 rings (SSSR count). The van der Waals surface area contributed by atoms with Crippen LogP contribution in [-0.2, 0) is 32.6 Å². The van der Waals surface area contributed by atoms with Crippen LogP contribution >= 0.6 is 0 Å². The number of nitrogens with one attached hydrogen (secondary N) is 2. The van der Waals surface area contributed by atoms with Crippen LogP contribution in [0.5, 0.6) is 0 Å². The quantitative estimate of drug-likeness (QED) is 0.287. The number of aromatic nitrogens is 1. The third kappa shape index (κ3) is 10.2. The van der Waals surface area contributed by atoms with Gasteiger partial charge >= 0.3 is 0 Å². The lowest BCUT2D eigenvalue weighted by atomic mass is 9.93. The fourth-order valence-corrected chi connectivity index (χ4v) is 4.97. The Bertz CT molecular complexity index is 1240. The van der Waals surface area contributed by atoms with E-state index in [1.165, 1.54) is 0 Å². The maximum absolute atomic E-state index is 12.8. The summed E-state index contributed by atoms with van der Waals surface area (Å²) in [5.74, 6) is 2.47. The van der Waals surface area contributed by atoms with Gasteiger partial charge in [-0.1, -0.05) is 50.2 Å². The highest BCUT2D eigenvalue weighted by Crippen LogP contribution is 2.23. The molecule has 1 aromatic carbocycles. The molecule has 0 radical (unpaired) electrons. The molecule has 0 bridgehead atoms. The zero-order valence-electron chi connectivity index (χ0n) is 24.8. The summed E-state index contributed by atoms with van der Waals surface area (Å²) in [6.07, 6.45) is 14.8. The Morgan fingerprint density at radius 1 is 1.07 bits per heavy atom. The van der Waals surface area contributed by atoms with E-state index in [1.807, 2.05) is 54.6 Å². The summed E-state index contributed by atoms with van der Waals surface area (Å²) in [4.78, 5) is 25.2. The van der Waals surface area contributed by atoms with E-state index in [0.29, 0.717) is 30.8 Å². The monoisotopic (exact) mass is 559 g/mol. The van der Waals surface area contributed by atoms with Gasteiger partial charge in [0, 0.05) is 35.6 Å². The molecule has 2 heterocycles. The van der Waals surface area contributed by atoms with Crippen molar-refractivity contribution >= 4 is 17.4 Å². The maximum Gasteiger partial charge on any atom is 0.251 e. The number of Topliss-reactive ketones (excluding diaryl/α,β-unsaturated/α-hetero) is 1. The van der Waals surface area contributed by atoms with Gasteiger partial charge in [-0.2, -0.15) is 0 Å². The molecule has 2 aliphatic rings. The van der Waals surface area contributed by atoms with E-state index in [1.54, 1.807) is 0 Å². The molecule has 0 spiro atoms. The second-order valence-electron chi connectivity index (χ2n) is 12.2. The van der Waals surface area contributed by atoms with Crippen molar-refractivity contribution < 1.29 is 18.8 Å². The van der Waals surface area contributed by atoms with E-state index in [-0.39, 0.29) is 17.1 Å². The summed E-state index contributed by atoms with van der Waals surface area (Å²) >= 11 is 0. The molecule has 2 aromatic rings. The second-order valence-corrected chi connectivity index (χ2v) is 12.2. The number of rotatable bonds is 13. The summed E-state index contributed by atoms with van der Waals surface area (Å²) in [5.41, 5.74) is 3.47. The van der Waals surface area contributed by atoms with Crippen molar-refractivity contribution in [2.24, 2.45) is 5.92 Å². The summed E-state index contributed by atoms with van der Waals surface area (Å²) < 4.78 is 11.4. The van der Waals surface area contributed by atoms with E-state index in [9.17, 15) is 9.59 Å². The lowest BCUT2D eigenvalue weighted by molar-refractivity contribution is -0.119. The Morgan fingerprint density at radius 3 is 2.51 bits per heavy atom. The van der Waals surface area contributed by atoms with Gasteiger partial charge in [0.1, 0.15) is 17.3 Å². The number of carbonyl (C=O) groups is 2. The van der Waals surface area contributed by atoms with Crippen molar-refractivity contribution in [1.82, 2.24) is 10.5 Å². The van der Waals surface area contributed by atoms with Crippen LogP contribution in [0.2, 0.25) is 0 Å². The van der Waals surface area contributed by atoms with Gasteiger partial charge in [-0.05, 0) is 93.8 Å². The van der Waals surface area contributed by atoms with Crippen LogP contribution in [0.3, 0.4) is 0 Å². The number of anilines is 1. The van der Waals surface area contributed by atoms with Crippen LogP contribution in [0, 0.1) is 5.92 Å². The molecular weight excluding hydrogens is 514 g/mol. The Morgan fingerprint density at radius 2 is 1.80 bits per heavy atom. The highest BCUT2D eigenvalue weighted by atomic mass is 16.5. The molecule has 220 valence electrons. The van der Waals surface area contributed by atoms with Crippen molar-refractivity contribution in [3.8, 4) is 0 Å². The smallest absolute Gasteiger partial charge is 0.251 e. The fraction of sp³-hybridized carbons (Fsp3) is 0.500. The number of benzene rings is 1. The average Bonchev–Trinajstić information content (AvgIpc) is 3.31. The zero-order chi connectivity index (χ0) is 29.1.